The Kier molecular flexibility index (Phi) is 8.77. The Morgan fingerprint density at radius 3 is 2.10 bits per heavy atom. The standard InChI is InChI=1S/C28H36O/c1-3-5-7-21-29-22-24-11-15-26(16-12-24)28-19-17-27(18-20-28)25-13-9-23(10-14-25)8-6-4-2/h4-7,11-12,15-20,23,25H,3,8-10,13-14,21-22H2,1-2H3/b6-4+,7-5+/t23-,25-. The molecule has 0 aliphatic heterocycles. The lowest BCUT2D eigenvalue weighted by Crippen LogP contribution is -2.12. The molecule has 0 bridgehead atoms. The number of rotatable bonds is 9. The Morgan fingerprint density at radius 2 is 1.48 bits per heavy atom. The highest BCUT2D eigenvalue weighted by Crippen LogP contribution is 2.37. The van der Waals surface area contributed by atoms with E-state index in [-0.39, 0.29) is 0 Å². The largest absolute Gasteiger partial charge is 0.373 e. The van der Waals surface area contributed by atoms with Gasteiger partial charge in [-0.05, 0) is 79.5 Å². The molecule has 1 fully saturated rings. The van der Waals surface area contributed by atoms with E-state index in [1.165, 1.54) is 54.4 Å². The van der Waals surface area contributed by atoms with Gasteiger partial charge in [-0.3, -0.25) is 0 Å². The van der Waals surface area contributed by atoms with Gasteiger partial charge in [0.15, 0.2) is 0 Å². The van der Waals surface area contributed by atoms with Crippen molar-refractivity contribution in [2.45, 2.75) is 64.9 Å². The maximum absolute atomic E-state index is 5.69. The van der Waals surface area contributed by atoms with E-state index in [0.29, 0.717) is 13.2 Å². The summed E-state index contributed by atoms with van der Waals surface area (Å²) in [6.45, 7) is 5.62. The van der Waals surface area contributed by atoms with Gasteiger partial charge in [-0.1, -0.05) is 79.8 Å². The zero-order valence-electron chi connectivity index (χ0n) is 18.1. The Balaban J connectivity index is 1.51. The highest BCUT2D eigenvalue weighted by Gasteiger charge is 2.21. The van der Waals surface area contributed by atoms with Gasteiger partial charge < -0.3 is 4.74 Å². The van der Waals surface area contributed by atoms with Crippen molar-refractivity contribution in [3.05, 3.63) is 84.0 Å². The molecule has 0 heterocycles. The van der Waals surface area contributed by atoms with E-state index < -0.39 is 0 Å². The summed E-state index contributed by atoms with van der Waals surface area (Å²) >= 11 is 0. The SMILES string of the molecule is C/C=C/C[C@H]1CC[C@H](c2ccc(-c3ccc(COC/C=C/CC)cc3)cc2)CC1. The zero-order valence-corrected chi connectivity index (χ0v) is 18.1. The summed E-state index contributed by atoms with van der Waals surface area (Å²) in [4.78, 5) is 0. The molecule has 154 valence electrons. The summed E-state index contributed by atoms with van der Waals surface area (Å²) in [5.41, 5.74) is 5.32. The molecule has 2 aromatic rings. The molecule has 0 unspecified atom stereocenters. The molecule has 1 heteroatoms. The van der Waals surface area contributed by atoms with Crippen LogP contribution in [0.2, 0.25) is 0 Å². The fourth-order valence-electron chi connectivity index (χ4n) is 4.28. The monoisotopic (exact) mass is 388 g/mol. The van der Waals surface area contributed by atoms with Crippen molar-refractivity contribution < 1.29 is 4.74 Å². The summed E-state index contributed by atoms with van der Waals surface area (Å²) < 4.78 is 5.69. The average molecular weight is 389 g/mol. The van der Waals surface area contributed by atoms with Gasteiger partial charge >= 0.3 is 0 Å². The van der Waals surface area contributed by atoms with Crippen LogP contribution in [-0.4, -0.2) is 6.61 Å². The van der Waals surface area contributed by atoms with Crippen LogP contribution in [0.1, 0.15) is 69.4 Å². The van der Waals surface area contributed by atoms with Gasteiger partial charge in [0.25, 0.3) is 0 Å². The molecule has 1 saturated carbocycles. The van der Waals surface area contributed by atoms with Crippen molar-refractivity contribution in [1.29, 1.82) is 0 Å². The quantitative estimate of drug-likeness (QED) is 0.311. The van der Waals surface area contributed by atoms with Crippen molar-refractivity contribution >= 4 is 0 Å². The Morgan fingerprint density at radius 1 is 0.828 bits per heavy atom. The van der Waals surface area contributed by atoms with E-state index in [1.54, 1.807) is 0 Å². The third-order valence-corrected chi connectivity index (χ3v) is 6.11. The van der Waals surface area contributed by atoms with Crippen molar-refractivity contribution in [3.63, 3.8) is 0 Å². The molecule has 0 aromatic heterocycles. The second-order valence-electron chi connectivity index (χ2n) is 8.24. The summed E-state index contributed by atoms with van der Waals surface area (Å²) in [6.07, 6.45) is 16.5. The number of allylic oxidation sites excluding steroid dienone is 3. The molecule has 0 radical (unpaired) electrons. The zero-order chi connectivity index (χ0) is 20.3. The van der Waals surface area contributed by atoms with E-state index in [4.69, 9.17) is 4.74 Å². The number of hydrogen-bond donors (Lipinski definition) is 0. The lowest BCUT2D eigenvalue weighted by atomic mass is 9.77. The minimum absolute atomic E-state index is 0.671. The molecular formula is C28H36O. The summed E-state index contributed by atoms with van der Waals surface area (Å²) in [7, 11) is 0. The molecule has 0 atom stereocenters. The van der Waals surface area contributed by atoms with Gasteiger partial charge in [-0.25, -0.2) is 0 Å². The molecular weight excluding hydrogens is 352 g/mol. The molecule has 1 aliphatic rings. The van der Waals surface area contributed by atoms with Crippen LogP contribution in [0.15, 0.2) is 72.8 Å². The summed E-state index contributed by atoms with van der Waals surface area (Å²) in [6, 6.07) is 18.1. The summed E-state index contributed by atoms with van der Waals surface area (Å²) in [5.74, 6) is 1.64. The molecule has 1 nitrogen and oxygen atoms in total. The second kappa shape index (κ2) is 11.8. The molecule has 0 N–H and O–H groups in total. The van der Waals surface area contributed by atoms with Crippen molar-refractivity contribution in [2.24, 2.45) is 5.92 Å². The van der Waals surface area contributed by atoms with Crippen LogP contribution in [-0.2, 0) is 11.3 Å². The molecule has 1 aliphatic carbocycles. The lowest BCUT2D eigenvalue weighted by molar-refractivity contribution is 0.148. The van der Waals surface area contributed by atoms with E-state index in [9.17, 15) is 0 Å². The molecule has 3 rings (SSSR count). The number of hydrogen-bond acceptors (Lipinski definition) is 1. The molecule has 29 heavy (non-hydrogen) atoms. The van der Waals surface area contributed by atoms with Crippen LogP contribution in [0.25, 0.3) is 11.1 Å². The molecule has 2 aromatic carbocycles. The van der Waals surface area contributed by atoms with Gasteiger partial charge in [0.1, 0.15) is 0 Å². The third kappa shape index (κ3) is 6.72. The van der Waals surface area contributed by atoms with Gasteiger partial charge in [0.05, 0.1) is 13.2 Å². The highest BCUT2D eigenvalue weighted by molar-refractivity contribution is 5.64. The highest BCUT2D eigenvalue weighted by atomic mass is 16.5. The molecule has 0 saturated heterocycles. The summed E-state index contributed by atoms with van der Waals surface area (Å²) in [5, 5.41) is 0. The maximum atomic E-state index is 5.69. The van der Waals surface area contributed by atoms with E-state index >= 15 is 0 Å². The predicted octanol–water partition coefficient (Wildman–Crippen LogP) is 8.08. The van der Waals surface area contributed by atoms with Crippen LogP contribution in [0.3, 0.4) is 0 Å². The Hall–Kier alpha value is -2.12. The fraction of sp³-hybridized carbons (Fsp3) is 0.429. The van der Waals surface area contributed by atoms with Crippen molar-refractivity contribution in [2.75, 3.05) is 6.61 Å². The van der Waals surface area contributed by atoms with E-state index in [2.05, 4.69) is 86.7 Å². The van der Waals surface area contributed by atoms with Crippen molar-refractivity contribution in [3.8, 4) is 11.1 Å². The fourth-order valence-corrected chi connectivity index (χ4v) is 4.28. The Bertz CT molecular complexity index is 759. The first-order valence-corrected chi connectivity index (χ1v) is 11.3. The van der Waals surface area contributed by atoms with Crippen molar-refractivity contribution in [1.82, 2.24) is 0 Å². The van der Waals surface area contributed by atoms with Gasteiger partial charge in [-0.15, -0.1) is 0 Å². The number of ether oxygens (including phenoxy) is 1. The normalized spacial score (nSPS) is 19.9. The maximum Gasteiger partial charge on any atom is 0.0721 e. The smallest absolute Gasteiger partial charge is 0.0721 e. The number of benzene rings is 2. The average Bonchev–Trinajstić information content (AvgIpc) is 2.78. The predicted molar refractivity (Wildman–Crippen MR) is 125 cm³/mol. The lowest BCUT2D eigenvalue weighted by Gasteiger charge is -2.28. The van der Waals surface area contributed by atoms with E-state index in [0.717, 1.165) is 18.3 Å². The van der Waals surface area contributed by atoms with Gasteiger partial charge in [-0.2, -0.15) is 0 Å². The first-order chi connectivity index (χ1) is 14.3. The molecule has 0 amide bonds. The van der Waals surface area contributed by atoms with E-state index in [1.807, 2.05) is 0 Å². The van der Waals surface area contributed by atoms with Crippen LogP contribution >= 0.6 is 0 Å². The minimum Gasteiger partial charge on any atom is -0.373 e. The van der Waals surface area contributed by atoms with Gasteiger partial charge in [0, 0.05) is 0 Å². The minimum atomic E-state index is 0.671. The molecule has 0 spiro atoms. The van der Waals surface area contributed by atoms with Crippen LogP contribution in [0, 0.1) is 5.92 Å². The third-order valence-electron chi connectivity index (χ3n) is 6.11. The first kappa shape index (κ1) is 21.6. The Labute approximate surface area is 177 Å². The van der Waals surface area contributed by atoms with Gasteiger partial charge in [0.2, 0.25) is 0 Å². The van der Waals surface area contributed by atoms with Crippen LogP contribution < -0.4 is 0 Å². The topological polar surface area (TPSA) is 9.23 Å². The first-order valence-electron chi connectivity index (χ1n) is 11.3. The van der Waals surface area contributed by atoms with Crippen LogP contribution in [0.4, 0.5) is 0 Å². The van der Waals surface area contributed by atoms with Crippen LogP contribution in [0.5, 0.6) is 0 Å². The second-order valence-corrected chi connectivity index (χ2v) is 8.24.